The average Bonchev–Trinajstić information content (AvgIpc) is 3.59. The number of imidazole rings is 1. The second-order valence-electron chi connectivity index (χ2n) is 10.4. The maximum absolute atomic E-state index is 6.57. The van der Waals surface area contributed by atoms with Crippen molar-refractivity contribution in [3.05, 3.63) is 76.8 Å². The van der Waals surface area contributed by atoms with E-state index in [0.717, 1.165) is 50.6 Å². The third kappa shape index (κ3) is 7.25. The van der Waals surface area contributed by atoms with Gasteiger partial charge in [-0.15, -0.1) is 0 Å². The fraction of sp³-hybridized carbons (Fsp3) is 0.483. The van der Waals surface area contributed by atoms with Gasteiger partial charge in [0, 0.05) is 74.0 Å². The van der Waals surface area contributed by atoms with E-state index in [1.807, 2.05) is 29.0 Å². The van der Waals surface area contributed by atoms with Crippen LogP contribution < -0.4 is 15.0 Å². The van der Waals surface area contributed by atoms with Crippen LogP contribution in [0.4, 0.5) is 5.69 Å². The van der Waals surface area contributed by atoms with Gasteiger partial charge >= 0.3 is 0 Å². The Kier molecular flexibility index (Phi) is 9.32. The molecule has 0 aliphatic carbocycles. The van der Waals surface area contributed by atoms with Crippen LogP contribution in [0.5, 0.6) is 5.75 Å². The Hall–Kier alpha value is -2.33. The van der Waals surface area contributed by atoms with Crippen molar-refractivity contribution in [2.24, 2.45) is 0 Å². The van der Waals surface area contributed by atoms with Gasteiger partial charge in [-0.25, -0.2) is 4.98 Å². The molecule has 0 spiro atoms. The van der Waals surface area contributed by atoms with Crippen molar-refractivity contribution in [3.63, 3.8) is 0 Å². The number of halogens is 2. The summed E-state index contributed by atoms with van der Waals surface area (Å²) in [6.45, 7) is 11.9. The third-order valence-corrected chi connectivity index (χ3v) is 7.69. The first-order chi connectivity index (χ1) is 18.9. The number of aromatic nitrogens is 2. The van der Waals surface area contributed by atoms with E-state index < -0.39 is 5.79 Å². The molecule has 8 nitrogen and oxygen atoms in total. The van der Waals surface area contributed by atoms with Crippen LogP contribution in [0.25, 0.3) is 0 Å². The van der Waals surface area contributed by atoms with Crippen LogP contribution >= 0.6 is 23.2 Å². The van der Waals surface area contributed by atoms with Crippen molar-refractivity contribution >= 4 is 28.9 Å². The van der Waals surface area contributed by atoms with Crippen molar-refractivity contribution < 1.29 is 14.2 Å². The maximum atomic E-state index is 6.57. The summed E-state index contributed by atoms with van der Waals surface area (Å²) >= 11 is 12.7. The van der Waals surface area contributed by atoms with Gasteiger partial charge in [0.15, 0.2) is 0 Å². The van der Waals surface area contributed by atoms with Gasteiger partial charge < -0.3 is 29.0 Å². The Morgan fingerprint density at radius 3 is 2.59 bits per heavy atom. The van der Waals surface area contributed by atoms with E-state index in [1.165, 1.54) is 5.69 Å². The first kappa shape index (κ1) is 28.2. The SMILES string of the molecule is CC(C)NCCN1CCN(c2ccc(OC[C@@H]3CO[C@@](Cn4ccnc4)(c4ccc(Cl)cc4Cl)O3)cc2)CC1. The quantitative estimate of drug-likeness (QED) is 0.358. The summed E-state index contributed by atoms with van der Waals surface area (Å²) in [5.41, 5.74) is 1.95. The highest BCUT2D eigenvalue weighted by Gasteiger charge is 2.45. The van der Waals surface area contributed by atoms with Gasteiger partial charge in [0.25, 0.3) is 0 Å². The van der Waals surface area contributed by atoms with Gasteiger partial charge in [-0.3, -0.25) is 4.90 Å². The summed E-state index contributed by atoms with van der Waals surface area (Å²) < 4.78 is 20.8. The van der Waals surface area contributed by atoms with Crippen molar-refractivity contribution in [2.45, 2.75) is 38.3 Å². The average molecular weight is 575 g/mol. The molecular weight excluding hydrogens is 537 g/mol. The fourth-order valence-corrected chi connectivity index (χ4v) is 5.61. The Morgan fingerprint density at radius 1 is 1.10 bits per heavy atom. The summed E-state index contributed by atoms with van der Waals surface area (Å²) in [6.07, 6.45) is 5.06. The van der Waals surface area contributed by atoms with Gasteiger partial charge in [0.2, 0.25) is 5.79 Å². The highest BCUT2D eigenvalue weighted by atomic mass is 35.5. The summed E-state index contributed by atoms with van der Waals surface area (Å²) in [6, 6.07) is 14.2. The number of nitrogens with zero attached hydrogens (tertiary/aromatic N) is 4. The third-order valence-electron chi connectivity index (χ3n) is 7.14. The lowest BCUT2D eigenvalue weighted by molar-refractivity contribution is -0.189. The molecule has 210 valence electrons. The fourth-order valence-electron chi connectivity index (χ4n) is 5.06. The summed E-state index contributed by atoms with van der Waals surface area (Å²) in [5, 5.41) is 4.55. The number of ether oxygens (including phenoxy) is 3. The standard InChI is InChI=1S/C29H37Cl2N5O3/c1-22(2)33-10-12-34-13-15-36(16-14-34)24-4-6-25(7-5-24)37-18-26-19-38-29(39-26,20-35-11-9-32-21-35)27-8-3-23(30)17-28(27)31/h3-9,11,17,21-22,26,33H,10,12-16,18-20H2,1-2H3/t26-,29-/m1/s1. The molecule has 2 saturated heterocycles. The van der Waals surface area contributed by atoms with Crippen molar-refractivity contribution in [2.75, 3.05) is 57.4 Å². The van der Waals surface area contributed by atoms with E-state index >= 15 is 0 Å². The first-order valence-corrected chi connectivity index (χ1v) is 14.3. The van der Waals surface area contributed by atoms with Gasteiger partial charge in [-0.2, -0.15) is 0 Å². The molecule has 39 heavy (non-hydrogen) atoms. The van der Waals surface area contributed by atoms with Crippen LogP contribution in [-0.4, -0.2) is 79.1 Å². The number of piperazine rings is 1. The van der Waals surface area contributed by atoms with Crippen LogP contribution in [0.15, 0.2) is 61.2 Å². The summed E-state index contributed by atoms with van der Waals surface area (Å²) in [5.74, 6) is -0.259. The van der Waals surface area contributed by atoms with Crippen molar-refractivity contribution in [1.29, 1.82) is 0 Å². The Balaban J connectivity index is 1.15. The largest absolute Gasteiger partial charge is 0.491 e. The molecule has 1 N–H and O–H groups in total. The minimum absolute atomic E-state index is 0.266. The van der Waals surface area contributed by atoms with Crippen LogP contribution in [0.1, 0.15) is 19.4 Å². The lowest BCUT2D eigenvalue weighted by Gasteiger charge is -2.36. The molecule has 2 fully saturated rings. The molecule has 3 heterocycles. The molecule has 0 amide bonds. The minimum atomic E-state index is -1.06. The molecule has 2 aromatic carbocycles. The predicted molar refractivity (Wildman–Crippen MR) is 155 cm³/mol. The molecule has 5 rings (SSSR count). The van der Waals surface area contributed by atoms with E-state index in [2.05, 4.69) is 46.1 Å². The maximum Gasteiger partial charge on any atom is 0.215 e. The topological polar surface area (TPSA) is 64.0 Å². The molecule has 2 atom stereocenters. The Bertz CT molecular complexity index is 1190. The zero-order valence-corrected chi connectivity index (χ0v) is 24.1. The van der Waals surface area contributed by atoms with Crippen LogP contribution in [0.2, 0.25) is 10.0 Å². The van der Waals surface area contributed by atoms with Crippen molar-refractivity contribution in [1.82, 2.24) is 19.8 Å². The minimum Gasteiger partial charge on any atom is -0.491 e. The van der Waals surface area contributed by atoms with E-state index in [4.69, 9.17) is 37.4 Å². The molecule has 0 bridgehead atoms. The molecule has 0 saturated carbocycles. The zero-order valence-electron chi connectivity index (χ0n) is 22.6. The van der Waals surface area contributed by atoms with E-state index in [1.54, 1.807) is 24.7 Å². The number of anilines is 1. The van der Waals surface area contributed by atoms with Gasteiger partial charge in [0.1, 0.15) is 18.5 Å². The zero-order chi connectivity index (χ0) is 27.2. The monoisotopic (exact) mass is 573 g/mol. The number of hydrogen-bond donors (Lipinski definition) is 1. The van der Waals surface area contributed by atoms with Crippen molar-refractivity contribution in [3.8, 4) is 5.75 Å². The van der Waals surface area contributed by atoms with E-state index in [0.29, 0.717) is 35.8 Å². The second-order valence-corrected chi connectivity index (χ2v) is 11.2. The molecule has 0 unspecified atom stereocenters. The number of benzene rings is 2. The molecule has 2 aliphatic rings. The molecule has 3 aromatic rings. The number of nitrogens with one attached hydrogen (secondary N) is 1. The highest BCUT2D eigenvalue weighted by molar-refractivity contribution is 6.35. The highest BCUT2D eigenvalue weighted by Crippen LogP contribution is 2.40. The van der Waals surface area contributed by atoms with Gasteiger partial charge in [-0.1, -0.05) is 43.1 Å². The summed E-state index contributed by atoms with van der Waals surface area (Å²) in [4.78, 5) is 9.11. The normalized spacial score (nSPS) is 22.1. The summed E-state index contributed by atoms with van der Waals surface area (Å²) in [7, 11) is 0. The van der Waals surface area contributed by atoms with Crippen LogP contribution in [-0.2, 0) is 21.8 Å². The Labute approximate surface area is 240 Å². The van der Waals surface area contributed by atoms with Crippen LogP contribution in [0, 0.1) is 0 Å². The van der Waals surface area contributed by atoms with Crippen LogP contribution in [0.3, 0.4) is 0 Å². The number of rotatable bonds is 11. The first-order valence-electron chi connectivity index (χ1n) is 13.6. The molecule has 10 heteroatoms. The molecule has 0 radical (unpaired) electrons. The predicted octanol–water partition coefficient (Wildman–Crippen LogP) is 4.66. The van der Waals surface area contributed by atoms with E-state index in [-0.39, 0.29) is 6.10 Å². The second kappa shape index (κ2) is 12.9. The smallest absolute Gasteiger partial charge is 0.215 e. The molecule has 1 aromatic heterocycles. The molecular formula is C29H37Cl2N5O3. The van der Waals surface area contributed by atoms with E-state index in [9.17, 15) is 0 Å². The number of hydrogen-bond acceptors (Lipinski definition) is 7. The lowest BCUT2D eigenvalue weighted by atomic mass is 10.1. The Morgan fingerprint density at radius 2 is 1.90 bits per heavy atom. The lowest BCUT2D eigenvalue weighted by Crippen LogP contribution is -2.48. The van der Waals surface area contributed by atoms with Gasteiger partial charge in [0.05, 0.1) is 24.5 Å². The van der Waals surface area contributed by atoms with Gasteiger partial charge in [-0.05, 0) is 36.4 Å². The molecule has 2 aliphatic heterocycles.